The zero-order valence-corrected chi connectivity index (χ0v) is 15.5. The molecule has 7 nitrogen and oxygen atoms in total. The van der Waals surface area contributed by atoms with Gasteiger partial charge < -0.3 is 24.6 Å². The van der Waals surface area contributed by atoms with E-state index in [1.54, 1.807) is 0 Å². The van der Waals surface area contributed by atoms with E-state index in [1.165, 1.54) is 6.07 Å². The summed E-state index contributed by atoms with van der Waals surface area (Å²) in [6.07, 6.45) is 1.67. The molecule has 7 heteroatoms. The van der Waals surface area contributed by atoms with E-state index in [1.807, 2.05) is 18.2 Å². The summed E-state index contributed by atoms with van der Waals surface area (Å²) in [4.78, 5) is 30.7. The van der Waals surface area contributed by atoms with Gasteiger partial charge in [-0.25, -0.2) is 4.79 Å². The Balaban J connectivity index is 1.71. The first-order chi connectivity index (χ1) is 12.9. The number of likely N-dealkylation sites (N-methyl/N-ethyl adjacent to an activating group) is 1. The molecule has 2 aromatic rings. The van der Waals surface area contributed by atoms with E-state index in [0.29, 0.717) is 24.8 Å². The van der Waals surface area contributed by atoms with E-state index in [2.05, 4.69) is 28.9 Å². The van der Waals surface area contributed by atoms with Crippen LogP contribution in [0, 0.1) is 0 Å². The second-order valence-electron chi connectivity index (χ2n) is 7.35. The molecule has 2 aliphatic heterocycles. The van der Waals surface area contributed by atoms with Crippen LogP contribution in [0.5, 0.6) is 5.75 Å². The number of carboxylic acids is 1. The van der Waals surface area contributed by atoms with E-state index < -0.39 is 11.5 Å². The molecule has 0 aliphatic carbocycles. The first kappa shape index (κ1) is 17.6. The second-order valence-corrected chi connectivity index (χ2v) is 7.35. The maximum absolute atomic E-state index is 12.1. The first-order valence-corrected chi connectivity index (χ1v) is 9.12. The molecule has 1 saturated heterocycles. The van der Waals surface area contributed by atoms with Crippen molar-refractivity contribution in [2.45, 2.75) is 18.9 Å². The highest BCUT2D eigenvalue weighted by Crippen LogP contribution is 2.37. The van der Waals surface area contributed by atoms with Crippen LogP contribution < -0.4 is 15.2 Å². The number of benzene rings is 1. The lowest BCUT2D eigenvalue weighted by Crippen LogP contribution is -2.31. The maximum atomic E-state index is 12.1. The number of nitrogens with one attached hydrogen (secondary N) is 1. The lowest BCUT2D eigenvalue weighted by Gasteiger charge is -2.22. The van der Waals surface area contributed by atoms with E-state index in [9.17, 15) is 14.7 Å². The van der Waals surface area contributed by atoms with Gasteiger partial charge in [0.15, 0.2) is 0 Å². The van der Waals surface area contributed by atoms with Gasteiger partial charge in [-0.3, -0.25) is 4.79 Å². The quantitative estimate of drug-likeness (QED) is 0.858. The summed E-state index contributed by atoms with van der Waals surface area (Å²) >= 11 is 0. The zero-order chi connectivity index (χ0) is 19.1. The number of aromatic nitrogens is 1. The highest BCUT2D eigenvalue weighted by molar-refractivity contribution is 5.88. The molecule has 1 aromatic carbocycles. The highest BCUT2D eigenvalue weighted by Gasteiger charge is 2.26. The third-order valence-corrected chi connectivity index (χ3v) is 5.48. The van der Waals surface area contributed by atoms with Crippen molar-refractivity contribution in [3.63, 3.8) is 0 Å². The van der Waals surface area contributed by atoms with Crippen molar-refractivity contribution >= 4 is 11.7 Å². The molecule has 4 rings (SSSR count). The van der Waals surface area contributed by atoms with E-state index in [-0.39, 0.29) is 5.56 Å². The summed E-state index contributed by atoms with van der Waals surface area (Å²) in [6, 6.07) is 8.01. The number of H-pyrrole nitrogens is 1. The average Bonchev–Trinajstić information content (AvgIpc) is 3.06. The molecule has 0 saturated carbocycles. The molecule has 2 aliphatic rings. The smallest absolute Gasteiger partial charge is 0.341 e. The largest absolute Gasteiger partial charge is 0.492 e. The molecule has 0 spiro atoms. The number of anilines is 1. The fourth-order valence-electron chi connectivity index (χ4n) is 3.87. The van der Waals surface area contributed by atoms with Gasteiger partial charge in [0.2, 0.25) is 0 Å². The number of fused-ring (bicyclic) bond motifs is 3. The molecule has 142 valence electrons. The predicted molar refractivity (Wildman–Crippen MR) is 103 cm³/mol. The normalized spacial score (nSPS) is 18.6. The number of pyridine rings is 1. The van der Waals surface area contributed by atoms with Gasteiger partial charge >= 0.3 is 5.97 Å². The molecule has 1 unspecified atom stereocenters. The van der Waals surface area contributed by atoms with E-state index in [4.69, 9.17) is 4.74 Å². The van der Waals surface area contributed by atoms with Crippen LogP contribution in [0.3, 0.4) is 0 Å². The molecule has 1 fully saturated rings. The molecule has 1 aromatic heterocycles. The Morgan fingerprint density at radius 1 is 1.33 bits per heavy atom. The van der Waals surface area contributed by atoms with Crippen molar-refractivity contribution in [3.05, 3.63) is 45.7 Å². The SMILES string of the molecule is CN(C)C1CCN(c2ccc3c(c2)OCCc2cc(C(=O)O)c(=O)[nH]c2-3)C1. The summed E-state index contributed by atoms with van der Waals surface area (Å²) in [5.41, 5.74) is 2.51. The van der Waals surface area contributed by atoms with Crippen LogP contribution in [0.4, 0.5) is 5.69 Å². The maximum Gasteiger partial charge on any atom is 0.341 e. The third kappa shape index (κ3) is 3.19. The number of hydrogen-bond acceptors (Lipinski definition) is 5. The number of carbonyl (C=O) groups is 1. The van der Waals surface area contributed by atoms with Crippen LogP contribution in [-0.2, 0) is 6.42 Å². The fourth-order valence-corrected chi connectivity index (χ4v) is 3.87. The summed E-state index contributed by atoms with van der Waals surface area (Å²) in [5.74, 6) is -0.498. The van der Waals surface area contributed by atoms with E-state index in [0.717, 1.165) is 42.1 Å². The Morgan fingerprint density at radius 2 is 2.15 bits per heavy atom. The van der Waals surface area contributed by atoms with Gasteiger partial charge in [0.25, 0.3) is 5.56 Å². The number of carboxylic acid groups (broad SMARTS) is 1. The van der Waals surface area contributed by atoms with Crippen molar-refractivity contribution in [2.75, 3.05) is 38.7 Å². The minimum Gasteiger partial charge on any atom is -0.492 e. The number of aromatic carboxylic acids is 1. The van der Waals surface area contributed by atoms with Crippen LogP contribution in [0.1, 0.15) is 22.3 Å². The molecule has 0 bridgehead atoms. The molecule has 3 heterocycles. The standard InChI is InChI=1S/C20H23N3O4/c1-22(2)14-5-7-23(11-14)13-3-4-15-17(10-13)27-8-6-12-9-16(20(25)26)19(24)21-18(12)15/h3-4,9-10,14H,5-8,11H2,1-2H3,(H,21,24)(H,25,26). The van der Waals surface area contributed by atoms with Gasteiger partial charge in [-0.2, -0.15) is 0 Å². The summed E-state index contributed by atoms with van der Waals surface area (Å²) in [5, 5.41) is 9.19. The van der Waals surface area contributed by atoms with Gasteiger partial charge in [-0.1, -0.05) is 0 Å². The second kappa shape index (κ2) is 6.74. The molecule has 27 heavy (non-hydrogen) atoms. The third-order valence-electron chi connectivity index (χ3n) is 5.48. The lowest BCUT2D eigenvalue weighted by molar-refractivity contribution is 0.0695. The Labute approximate surface area is 157 Å². The van der Waals surface area contributed by atoms with Crippen LogP contribution in [-0.4, -0.2) is 60.8 Å². The predicted octanol–water partition coefficient (Wildman–Crippen LogP) is 1.82. The lowest BCUT2D eigenvalue weighted by atomic mass is 10.0. The van der Waals surface area contributed by atoms with Gasteiger partial charge in [0, 0.05) is 42.9 Å². The van der Waals surface area contributed by atoms with Crippen LogP contribution >= 0.6 is 0 Å². The molecule has 0 radical (unpaired) electrons. The summed E-state index contributed by atoms with van der Waals surface area (Å²) < 4.78 is 5.94. The van der Waals surface area contributed by atoms with Crippen molar-refractivity contribution in [2.24, 2.45) is 0 Å². The van der Waals surface area contributed by atoms with Crippen molar-refractivity contribution in [1.82, 2.24) is 9.88 Å². The molecule has 0 amide bonds. The van der Waals surface area contributed by atoms with Crippen molar-refractivity contribution in [1.29, 1.82) is 0 Å². The minimum atomic E-state index is -1.22. The number of nitrogens with zero attached hydrogens (tertiary/aromatic N) is 2. The average molecular weight is 369 g/mol. The van der Waals surface area contributed by atoms with Gasteiger partial charge in [-0.05, 0) is 44.3 Å². The van der Waals surface area contributed by atoms with Gasteiger partial charge in [-0.15, -0.1) is 0 Å². The highest BCUT2D eigenvalue weighted by atomic mass is 16.5. The zero-order valence-electron chi connectivity index (χ0n) is 15.5. The Morgan fingerprint density at radius 3 is 2.85 bits per heavy atom. The van der Waals surface area contributed by atoms with Crippen molar-refractivity contribution < 1.29 is 14.6 Å². The van der Waals surface area contributed by atoms with Crippen LogP contribution in [0.15, 0.2) is 29.1 Å². The monoisotopic (exact) mass is 369 g/mol. The first-order valence-electron chi connectivity index (χ1n) is 9.12. The van der Waals surface area contributed by atoms with Crippen molar-refractivity contribution in [3.8, 4) is 17.0 Å². The molecule has 2 N–H and O–H groups in total. The van der Waals surface area contributed by atoms with E-state index >= 15 is 0 Å². The topological polar surface area (TPSA) is 85.9 Å². The molecular formula is C20H23N3O4. The van der Waals surface area contributed by atoms with Gasteiger partial charge in [0.1, 0.15) is 11.3 Å². The van der Waals surface area contributed by atoms with Crippen LogP contribution in [0.2, 0.25) is 0 Å². The summed E-state index contributed by atoms with van der Waals surface area (Å²) in [7, 11) is 4.21. The number of ether oxygens (including phenoxy) is 1. The van der Waals surface area contributed by atoms with Gasteiger partial charge in [0.05, 0.1) is 12.3 Å². The number of rotatable bonds is 3. The summed E-state index contributed by atoms with van der Waals surface area (Å²) in [6.45, 7) is 2.41. The van der Waals surface area contributed by atoms with Crippen LogP contribution in [0.25, 0.3) is 11.3 Å². The Hall–Kier alpha value is -2.80. The molecular weight excluding hydrogens is 346 g/mol. The Kier molecular flexibility index (Phi) is 4.39. The minimum absolute atomic E-state index is 0.236. The molecule has 1 atom stereocenters. The number of hydrogen-bond donors (Lipinski definition) is 2. The fraction of sp³-hybridized carbons (Fsp3) is 0.400. The Bertz CT molecular complexity index is 951. The number of aromatic amines is 1.